The van der Waals surface area contributed by atoms with Crippen molar-refractivity contribution in [1.82, 2.24) is 0 Å². The van der Waals surface area contributed by atoms with Crippen LogP contribution in [0.25, 0.3) is 0 Å². The minimum atomic E-state index is -0.827. The zero-order valence-corrected chi connectivity index (χ0v) is 15.0. The molecule has 0 aliphatic rings. The molecule has 0 fully saturated rings. The van der Waals surface area contributed by atoms with Crippen molar-refractivity contribution in [3.05, 3.63) is 12.2 Å². The molecule has 0 saturated heterocycles. The lowest BCUT2D eigenvalue weighted by molar-refractivity contribution is -0.131. The van der Waals surface area contributed by atoms with Gasteiger partial charge in [0.05, 0.1) is 0 Å². The number of hydrogen-bond acceptors (Lipinski definition) is 1. The maximum atomic E-state index is 10.4. The lowest BCUT2D eigenvalue weighted by Gasteiger charge is -2.16. The van der Waals surface area contributed by atoms with E-state index in [0.29, 0.717) is 0 Å². The van der Waals surface area contributed by atoms with Crippen molar-refractivity contribution in [2.45, 2.75) is 104 Å². The smallest absolute Gasteiger partial charge is 0.327 e. The van der Waals surface area contributed by atoms with Crippen LogP contribution < -0.4 is 0 Å². The van der Waals surface area contributed by atoms with Gasteiger partial charge in [0, 0.05) is 6.08 Å². The van der Waals surface area contributed by atoms with Crippen LogP contribution in [0, 0.1) is 5.92 Å². The zero-order valence-electron chi connectivity index (χ0n) is 15.0. The highest BCUT2D eigenvalue weighted by atomic mass is 16.4. The molecule has 0 aliphatic heterocycles. The van der Waals surface area contributed by atoms with Gasteiger partial charge in [0.2, 0.25) is 0 Å². The predicted octanol–water partition coefficient (Wildman–Crippen LogP) is 6.74. The van der Waals surface area contributed by atoms with Gasteiger partial charge in [-0.2, -0.15) is 0 Å². The van der Waals surface area contributed by atoms with Crippen LogP contribution in [0.2, 0.25) is 0 Å². The Hall–Kier alpha value is -0.790. The van der Waals surface area contributed by atoms with Gasteiger partial charge >= 0.3 is 5.97 Å². The second-order valence-corrected chi connectivity index (χ2v) is 6.59. The van der Waals surface area contributed by atoms with E-state index in [-0.39, 0.29) is 0 Å². The van der Waals surface area contributed by atoms with E-state index >= 15 is 0 Å². The molecule has 0 bridgehead atoms. The molecule has 0 heterocycles. The summed E-state index contributed by atoms with van der Waals surface area (Å²) in [5, 5.41) is 8.58. The van der Waals surface area contributed by atoms with Crippen LogP contribution in [0.1, 0.15) is 104 Å². The minimum Gasteiger partial charge on any atom is -0.478 e. The topological polar surface area (TPSA) is 37.3 Å². The van der Waals surface area contributed by atoms with Crippen molar-refractivity contribution in [3.63, 3.8) is 0 Å². The summed E-state index contributed by atoms with van der Waals surface area (Å²) in [6.07, 6.45) is 21.4. The summed E-state index contributed by atoms with van der Waals surface area (Å²) in [6, 6.07) is 0. The number of carboxylic acid groups (broad SMARTS) is 1. The first-order chi connectivity index (χ1) is 10.7. The lowest BCUT2D eigenvalue weighted by Crippen LogP contribution is -2.01. The van der Waals surface area contributed by atoms with Gasteiger partial charge in [0.15, 0.2) is 0 Å². The van der Waals surface area contributed by atoms with Crippen molar-refractivity contribution < 1.29 is 9.90 Å². The molecule has 0 aromatic carbocycles. The first kappa shape index (κ1) is 21.2. The Labute approximate surface area is 138 Å². The molecule has 0 rings (SSSR count). The van der Waals surface area contributed by atoms with Crippen LogP contribution in [0.15, 0.2) is 12.2 Å². The van der Waals surface area contributed by atoms with Crippen LogP contribution in [-0.4, -0.2) is 11.1 Å². The highest BCUT2D eigenvalue weighted by molar-refractivity contribution is 5.79. The van der Waals surface area contributed by atoms with Gasteiger partial charge in [-0.05, 0) is 18.8 Å². The van der Waals surface area contributed by atoms with Crippen molar-refractivity contribution >= 4 is 5.97 Å². The quantitative estimate of drug-likeness (QED) is 0.253. The first-order valence-corrected chi connectivity index (χ1v) is 9.60. The molecular weight excluding hydrogens is 272 g/mol. The summed E-state index contributed by atoms with van der Waals surface area (Å²) in [5.74, 6) is 0.0301. The van der Waals surface area contributed by atoms with Crippen molar-refractivity contribution in [3.8, 4) is 0 Å². The Kier molecular flexibility index (Phi) is 16.0. The molecule has 0 radical (unpaired) electrons. The van der Waals surface area contributed by atoms with E-state index in [1.54, 1.807) is 6.08 Å². The van der Waals surface area contributed by atoms with Gasteiger partial charge in [-0.25, -0.2) is 4.79 Å². The number of hydrogen-bond donors (Lipinski definition) is 1. The molecule has 1 unspecified atom stereocenters. The molecule has 0 spiro atoms. The van der Waals surface area contributed by atoms with Crippen molar-refractivity contribution in [2.75, 3.05) is 0 Å². The molecule has 0 aliphatic carbocycles. The summed E-state index contributed by atoms with van der Waals surface area (Å²) < 4.78 is 0. The Bertz CT molecular complexity index is 271. The minimum absolute atomic E-state index is 0.827. The van der Waals surface area contributed by atoms with E-state index in [0.717, 1.165) is 18.8 Å². The summed E-state index contributed by atoms with van der Waals surface area (Å²) in [5.41, 5.74) is 0. The number of unbranched alkanes of at least 4 members (excludes halogenated alkanes) is 8. The average molecular weight is 311 g/mol. The van der Waals surface area contributed by atoms with Crippen LogP contribution in [-0.2, 0) is 4.79 Å². The second kappa shape index (κ2) is 16.6. The number of allylic oxidation sites excluding steroid dienone is 1. The zero-order chi connectivity index (χ0) is 16.5. The average Bonchev–Trinajstić information content (AvgIpc) is 2.49. The highest BCUT2D eigenvalue weighted by Gasteiger charge is 2.08. The van der Waals surface area contributed by atoms with Gasteiger partial charge in [-0.1, -0.05) is 97.0 Å². The third-order valence-corrected chi connectivity index (χ3v) is 4.43. The second-order valence-electron chi connectivity index (χ2n) is 6.59. The summed E-state index contributed by atoms with van der Waals surface area (Å²) in [7, 11) is 0. The first-order valence-electron chi connectivity index (χ1n) is 9.60. The van der Waals surface area contributed by atoms with Crippen LogP contribution in [0.4, 0.5) is 0 Å². The molecule has 0 aromatic heterocycles. The number of carboxylic acids is 1. The molecule has 2 heteroatoms. The van der Waals surface area contributed by atoms with E-state index in [9.17, 15) is 4.79 Å². The Morgan fingerprint density at radius 2 is 1.32 bits per heavy atom. The van der Waals surface area contributed by atoms with E-state index in [2.05, 4.69) is 13.8 Å². The Morgan fingerprint density at radius 3 is 1.95 bits per heavy atom. The fraction of sp³-hybridized carbons (Fsp3) is 0.850. The molecule has 0 amide bonds. The molecule has 0 aromatic rings. The van der Waals surface area contributed by atoms with Gasteiger partial charge in [-0.3, -0.25) is 0 Å². The molecule has 2 nitrogen and oxygen atoms in total. The molecule has 1 N–H and O–H groups in total. The van der Waals surface area contributed by atoms with Crippen LogP contribution >= 0.6 is 0 Å². The maximum Gasteiger partial charge on any atom is 0.327 e. The largest absolute Gasteiger partial charge is 0.478 e. The normalized spacial score (nSPS) is 12.8. The monoisotopic (exact) mass is 310 g/mol. The van der Waals surface area contributed by atoms with Crippen molar-refractivity contribution in [1.29, 1.82) is 0 Å². The van der Waals surface area contributed by atoms with E-state index < -0.39 is 5.97 Å². The molecule has 1 atom stereocenters. The van der Waals surface area contributed by atoms with Crippen LogP contribution in [0.5, 0.6) is 0 Å². The summed E-state index contributed by atoms with van der Waals surface area (Å²) in [4.78, 5) is 10.4. The molecule has 130 valence electrons. The number of carbonyl (C=O) groups is 1. The SMILES string of the molecule is CCCCCCCCC(CCCC=CC(=O)O)CCCCC. The maximum absolute atomic E-state index is 10.4. The third kappa shape index (κ3) is 15.6. The van der Waals surface area contributed by atoms with Gasteiger partial charge in [0.1, 0.15) is 0 Å². The molecule has 0 saturated carbocycles. The van der Waals surface area contributed by atoms with Crippen molar-refractivity contribution in [2.24, 2.45) is 5.92 Å². The standard InChI is InChI=1S/C20H38O2/c1-3-5-7-8-9-12-16-19(15-11-6-4-2)17-13-10-14-18-20(21)22/h14,18-19H,3-13,15-17H2,1-2H3,(H,21,22). The highest BCUT2D eigenvalue weighted by Crippen LogP contribution is 2.23. The van der Waals surface area contributed by atoms with Gasteiger partial charge < -0.3 is 5.11 Å². The van der Waals surface area contributed by atoms with Crippen LogP contribution in [0.3, 0.4) is 0 Å². The van der Waals surface area contributed by atoms with Gasteiger partial charge in [-0.15, -0.1) is 0 Å². The number of aliphatic carboxylic acids is 1. The predicted molar refractivity (Wildman–Crippen MR) is 96.3 cm³/mol. The fourth-order valence-corrected chi connectivity index (χ4v) is 3.04. The molecular formula is C20H38O2. The third-order valence-electron chi connectivity index (χ3n) is 4.43. The van der Waals surface area contributed by atoms with E-state index in [4.69, 9.17) is 5.11 Å². The Morgan fingerprint density at radius 1 is 0.818 bits per heavy atom. The Balaban J connectivity index is 3.80. The lowest BCUT2D eigenvalue weighted by atomic mass is 9.90. The van der Waals surface area contributed by atoms with Gasteiger partial charge in [0.25, 0.3) is 0 Å². The fourth-order valence-electron chi connectivity index (χ4n) is 3.04. The van der Waals surface area contributed by atoms with E-state index in [1.807, 2.05) is 0 Å². The summed E-state index contributed by atoms with van der Waals surface area (Å²) >= 11 is 0. The number of rotatable bonds is 16. The summed E-state index contributed by atoms with van der Waals surface area (Å²) in [6.45, 7) is 4.53. The molecule has 22 heavy (non-hydrogen) atoms. The van der Waals surface area contributed by atoms with E-state index in [1.165, 1.54) is 83.1 Å².